The summed E-state index contributed by atoms with van der Waals surface area (Å²) in [7, 11) is 0. The smallest absolute Gasteiger partial charge is 0.129 e. The van der Waals surface area contributed by atoms with Gasteiger partial charge in [-0.2, -0.15) is 0 Å². The van der Waals surface area contributed by atoms with E-state index < -0.39 is 0 Å². The van der Waals surface area contributed by atoms with Crippen molar-refractivity contribution in [1.29, 1.82) is 0 Å². The predicted octanol–water partition coefficient (Wildman–Crippen LogP) is 3.30. The molecule has 0 bridgehead atoms. The lowest BCUT2D eigenvalue weighted by Gasteiger charge is -2.28. The summed E-state index contributed by atoms with van der Waals surface area (Å²) in [6.45, 7) is 9.75. The molecule has 1 N–H and O–H groups in total. The van der Waals surface area contributed by atoms with Crippen molar-refractivity contribution in [3.8, 4) is 0 Å². The molecule has 0 spiro atoms. The molecule has 1 aliphatic heterocycles. The third-order valence-electron chi connectivity index (χ3n) is 3.63. The Balaban J connectivity index is 2.08. The van der Waals surface area contributed by atoms with E-state index in [4.69, 9.17) is 0 Å². The van der Waals surface area contributed by atoms with Gasteiger partial charge in [0.05, 0.1) is 0 Å². The Bertz CT molecular complexity index is 439. The lowest BCUT2D eigenvalue weighted by molar-refractivity contribution is 0.570. The molecule has 1 atom stereocenters. The van der Waals surface area contributed by atoms with E-state index in [1.54, 1.807) is 0 Å². The number of pyridine rings is 1. The fourth-order valence-electron chi connectivity index (χ4n) is 2.46. The molecule has 1 aromatic heterocycles. The minimum absolute atomic E-state index is 0.392. The van der Waals surface area contributed by atoms with Gasteiger partial charge in [-0.15, -0.1) is 0 Å². The number of rotatable bonds is 5. The first kappa shape index (κ1) is 14.1. The summed E-state index contributed by atoms with van der Waals surface area (Å²) in [5.41, 5.74) is 2.77. The van der Waals surface area contributed by atoms with E-state index in [1.165, 1.54) is 17.6 Å². The van der Waals surface area contributed by atoms with Crippen molar-refractivity contribution in [2.75, 3.05) is 24.5 Å². The Morgan fingerprint density at radius 1 is 1.47 bits per heavy atom. The molecule has 1 unspecified atom stereocenters. The lowest BCUT2D eigenvalue weighted by atomic mass is 10.1. The fourth-order valence-corrected chi connectivity index (χ4v) is 2.46. The fraction of sp³-hybridized carbons (Fsp3) is 0.562. The van der Waals surface area contributed by atoms with E-state index in [1.807, 2.05) is 6.20 Å². The second-order valence-corrected chi connectivity index (χ2v) is 5.38. The van der Waals surface area contributed by atoms with Gasteiger partial charge in [-0.3, -0.25) is 0 Å². The van der Waals surface area contributed by atoms with Crippen LogP contribution in [-0.2, 0) is 0 Å². The first-order valence-electron chi connectivity index (χ1n) is 7.30. The summed E-state index contributed by atoms with van der Waals surface area (Å²) in [5, 5.41) is 3.53. The van der Waals surface area contributed by atoms with Crippen LogP contribution < -0.4 is 10.2 Å². The summed E-state index contributed by atoms with van der Waals surface area (Å²) in [6.07, 6.45) is 6.55. The Morgan fingerprint density at radius 2 is 2.32 bits per heavy atom. The quantitative estimate of drug-likeness (QED) is 0.822. The van der Waals surface area contributed by atoms with Crippen LogP contribution in [0.4, 0.5) is 5.82 Å². The molecule has 104 valence electrons. The zero-order valence-corrected chi connectivity index (χ0v) is 12.3. The lowest BCUT2D eigenvalue weighted by Crippen LogP contribution is -2.30. The van der Waals surface area contributed by atoms with Gasteiger partial charge < -0.3 is 10.2 Å². The number of aromatic nitrogens is 1. The molecule has 0 aliphatic carbocycles. The molecule has 2 heterocycles. The third-order valence-corrected chi connectivity index (χ3v) is 3.63. The van der Waals surface area contributed by atoms with E-state index in [0.29, 0.717) is 6.04 Å². The van der Waals surface area contributed by atoms with Gasteiger partial charge in [0.15, 0.2) is 0 Å². The number of hydrogen-bond donors (Lipinski definition) is 1. The molecule has 3 heteroatoms. The first-order valence-corrected chi connectivity index (χ1v) is 7.30. The van der Waals surface area contributed by atoms with Gasteiger partial charge in [-0.25, -0.2) is 4.98 Å². The second-order valence-electron chi connectivity index (χ2n) is 5.38. The molecule has 2 rings (SSSR count). The van der Waals surface area contributed by atoms with Crippen LogP contribution >= 0.6 is 0 Å². The van der Waals surface area contributed by atoms with Crippen molar-refractivity contribution in [1.82, 2.24) is 10.3 Å². The van der Waals surface area contributed by atoms with Crippen LogP contribution in [0.2, 0.25) is 0 Å². The molecule has 0 saturated carbocycles. The van der Waals surface area contributed by atoms with Crippen LogP contribution in [-0.4, -0.2) is 24.6 Å². The van der Waals surface area contributed by atoms with Crippen LogP contribution in [0.3, 0.4) is 0 Å². The highest BCUT2D eigenvalue weighted by atomic mass is 15.2. The van der Waals surface area contributed by atoms with Crippen LogP contribution in [0.1, 0.15) is 45.2 Å². The van der Waals surface area contributed by atoms with Crippen LogP contribution in [0, 0.1) is 0 Å². The molecule has 19 heavy (non-hydrogen) atoms. The minimum Gasteiger partial charge on any atom is -0.352 e. The van der Waals surface area contributed by atoms with E-state index >= 15 is 0 Å². The van der Waals surface area contributed by atoms with Crippen LogP contribution in [0.15, 0.2) is 30.0 Å². The zero-order chi connectivity index (χ0) is 13.7. The molecule has 0 saturated heterocycles. The molecule has 3 nitrogen and oxygen atoms in total. The third kappa shape index (κ3) is 3.80. The Morgan fingerprint density at radius 3 is 3.05 bits per heavy atom. The Labute approximate surface area is 116 Å². The summed E-state index contributed by atoms with van der Waals surface area (Å²) < 4.78 is 0. The topological polar surface area (TPSA) is 28.2 Å². The maximum atomic E-state index is 4.53. The highest BCUT2D eigenvalue weighted by molar-refractivity contribution is 5.44. The monoisotopic (exact) mass is 259 g/mol. The van der Waals surface area contributed by atoms with E-state index in [0.717, 1.165) is 31.9 Å². The summed E-state index contributed by atoms with van der Waals surface area (Å²) >= 11 is 0. The first-order chi connectivity index (χ1) is 9.20. The predicted molar refractivity (Wildman–Crippen MR) is 81.5 cm³/mol. The van der Waals surface area contributed by atoms with E-state index in [9.17, 15) is 0 Å². The number of anilines is 1. The van der Waals surface area contributed by atoms with Crippen molar-refractivity contribution < 1.29 is 0 Å². The van der Waals surface area contributed by atoms with Gasteiger partial charge in [-0.1, -0.05) is 18.6 Å². The Kier molecular flexibility index (Phi) is 4.97. The number of nitrogens with zero attached hydrogens (tertiary/aromatic N) is 2. The largest absolute Gasteiger partial charge is 0.352 e. The standard InChI is InChI=1S/C16H25N3/c1-4-8-17-14(3)15-7-9-18-16(11-15)19-10-5-6-13(2)12-19/h6-7,9,11,14,17H,4-5,8,10,12H2,1-3H3. The average molecular weight is 259 g/mol. The Hall–Kier alpha value is -1.35. The summed E-state index contributed by atoms with van der Waals surface area (Å²) in [5.74, 6) is 1.11. The van der Waals surface area contributed by atoms with Gasteiger partial charge in [-0.05, 0) is 50.9 Å². The highest BCUT2D eigenvalue weighted by Gasteiger charge is 2.13. The minimum atomic E-state index is 0.392. The molecular weight excluding hydrogens is 234 g/mol. The molecular formula is C16H25N3. The van der Waals surface area contributed by atoms with Gasteiger partial charge in [0.1, 0.15) is 5.82 Å². The summed E-state index contributed by atoms with van der Waals surface area (Å²) in [4.78, 5) is 6.90. The SMILES string of the molecule is CCCNC(C)c1ccnc(N2CCC=C(C)C2)c1. The molecule has 0 fully saturated rings. The van der Waals surface area contributed by atoms with Crippen molar-refractivity contribution in [3.05, 3.63) is 35.5 Å². The van der Waals surface area contributed by atoms with Crippen molar-refractivity contribution in [2.45, 2.75) is 39.7 Å². The van der Waals surface area contributed by atoms with Gasteiger partial charge >= 0.3 is 0 Å². The van der Waals surface area contributed by atoms with Crippen molar-refractivity contribution in [3.63, 3.8) is 0 Å². The molecule has 0 amide bonds. The molecule has 0 radical (unpaired) electrons. The van der Waals surface area contributed by atoms with E-state index in [2.05, 4.69) is 54.2 Å². The number of hydrogen-bond acceptors (Lipinski definition) is 3. The maximum Gasteiger partial charge on any atom is 0.129 e. The normalized spacial score (nSPS) is 17.2. The van der Waals surface area contributed by atoms with Gasteiger partial charge in [0.25, 0.3) is 0 Å². The molecule has 1 aliphatic rings. The zero-order valence-electron chi connectivity index (χ0n) is 12.3. The maximum absolute atomic E-state index is 4.53. The highest BCUT2D eigenvalue weighted by Crippen LogP contribution is 2.21. The molecule has 0 aromatic carbocycles. The van der Waals surface area contributed by atoms with Gasteiger partial charge in [0, 0.05) is 25.3 Å². The van der Waals surface area contributed by atoms with Crippen molar-refractivity contribution in [2.24, 2.45) is 0 Å². The summed E-state index contributed by atoms with van der Waals surface area (Å²) in [6, 6.07) is 4.73. The van der Waals surface area contributed by atoms with E-state index in [-0.39, 0.29) is 0 Å². The number of nitrogens with one attached hydrogen (secondary N) is 1. The molecule has 1 aromatic rings. The van der Waals surface area contributed by atoms with Crippen molar-refractivity contribution >= 4 is 5.82 Å². The second kappa shape index (κ2) is 6.71. The van der Waals surface area contributed by atoms with Crippen LogP contribution in [0.25, 0.3) is 0 Å². The van der Waals surface area contributed by atoms with Gasteiger partial charge in [0.2, 0.25) is 0 Å². The van der Waals surface area contributed by atoms with Crippen LogP contribution in [0.5, 0.6) is 0 Å². The average Bonchev–Trinajstić information content (AvgIpc) is 2.45.